The van der Waals surface area contributed by atoms with Crippen LogP contribution >= 0.6 is 0 Å². The molecule has 4 heterocycles. The van der Waals surface area contributed by atoms with Crippen LogP contribution in [0.3, 0.4) is 0 Å². The highest BCUT2D eigenvalue weighted by Crippen LogP contribution is 2.43. The highest BCUT2D eigenvalue weighted by atomic mass is 14.7. The third kappa shape index (κ3) is 9.31. The third-order valence-corrected chi connectivity index (χ3v) is 9.91. The molecule has 0 unspecified atom stereocenters. The van der Waals surface area contributed by atoms with Gasteiger partial charge >= 0.3 is 0 Å². The van der Waals surface area contributed by atoms with E-state index in [-0.39, 0.29) is 0 Å². The van der Waals surface area contributed by atoms with E-state index >= 15 is 0 Å². The fourth-order valence-corrected chi connectivity index (χ4v) is 7.31. The number of pyridine rings is 4. The van der Waals surface area contributed by atoms with E-state index in [4.69, 9.17) is 0 Å². The van der Waals surface area contributed by atoms with Crippen LogP contribution < -0.4 is 0 Å². The van der Waals surface area contributed by atoms with Crippen molar-refractivity contribution in [2.45, 2.75) is 13.8 Å². The van der Waals surface area contributed by atoms with Gasteiger partial charge < -0.3 is 0 Å². The molecule has 0 amide bonds. The monoisotopic (exact) mass is 774 g/mol. The first-order chi connectivity index (χ1) is 29.6. The van der Waals surface area contributed by atoms with E-state index in [1.165, 1.54) is 54.6 Å². The standard InChI is InChI=1S/C43H27N3.C5H5N.C5H8.C3H6/c1-3-20-45-40(8-1)34-25-33(26-35(27-34)41-9-2-4-21-46-41)37-15-11-30-12-16-38-36(14-10-29-13-17-39(37)43(30)42(29)38)32-7-5-6-31(24-32)28-18-22-44-23-19-28;1-2-4-6-5-3-1;1-3-5-4-2;1-3-2/h1-27H;1-5H;3-5H,1H2,2H3;3H,1H2,2H3/b;;5-4-;. The van der Waals surface area contributed by atoms with Crippen molar-refractivity contribution < 1.29 is 0 Å². The fraction of sp³-hybridized carbons (Fsp3) is 0.0357. The van der Waals surface area contributed by atoms with Gasteiger partial charge in [-0.1, -0.05) is 116 Å². The van der Waals surface area contributed by atoms with E-state index in [0.29, 0.717) is 0 Å². The molecular formula is C56H46N4. The molecular weight excluding hydrogens is 729 g/mol. The van der Waals surface area contributed by atoms with Gasteiger partial charge in [-0.25, -0.2) is 0 Å². The molecule has 0 aliphatic carbocycles. The van der Waals surface area contributed by atoms with Crippen LogP contribution in [0.15, 0.2) is 232 Å². The minimum absolute atomic E-state index is 0.942. The van der Waals surface area contributed by atoms with E-state index < -0.39 is 0 Å². The summed E-state index contributed by atoms with van der Waals surface area (Å²) in [5.41, 5.74) is 11.2. The number of rotatable bonds is 6. The van der Waals surface area contributed by atoms with Gasteiger partial charge in [-0.15, -0.1) is 6.58 Å². The van der Waals surface area contributed by atoms with Crippen molar-refractivity contribution in [1.82, 2.24) is 19.9 Å². The van der Waals surface area contributed by atoms with Gasteiger partial charge in [0.25, 0.3) is 0 Å². The predicted octanol–water partition coefficient (Wildman–Crippen LogP) is 15.1. The SMILES string of the molecule is C=C/C=C\C.C=CC.c1ccc(-c2cc(-c3ccccn3)cc(-c3ccc4ccc5c(-c6cccc(-c7ccncc7)c6)ccc6ccc3c4c65)c2)nc1.c1ccncc1. The molecule has 4 heteroatoms. The topological polar surface area (TPSA) is 51.6 Å². The molecule has 6 aromatic carbocycles. The number of hydrogen-bond acceptors (Lipinski definition) is 4. The van der Waals surface area contributed by atoms with Crippen molar-refractivity contribution >= 4 is 32.3 Å². The van der Waals surface area contributed by atoms with Gasteiger partial charge in [-0.3, -0.25) is 19.9 Å². The maximum atomic E-state index is 4.69. The summed E-state index contributed by atoms with van der Waals surface area (Å²) in [4.78, 5) is 17.4. The molecule has 60 heavy (non-hydrogen) atoms. The van der Waals surface area contributed by atoms with Gasteiger partial charge in [0.2, 0.25) is 0 Å². The minimum atomic E-state index is 0.942. The van der Waals surface area contributed by atoms with Crippen LogP contribution in [0.25, 0.3) is 88.2 Å². The number of benzene rings is 6. The van der Waals surface area contributed by atoms with E-state index in [1.54, 1.807) is 24.5 Å². The number of nitrogens with zero attached hydrogens (tertiary/aromatic N) is 4. The molecule has 290 valence electrons. The highest BCUT2D eigenvalue weighted by molar-refractivity contribution is 6.27. The van der Waals surface area contributed by atoms with Gasteiger partial charge in [0.15, 0.2) is 0 Å². The van der Waals surface area contributed by atoms with Crippen LogP contribution in [-0.4, -0.2) is 19.9 Å². The summed E-state index contributed by atoms with van der Waals surface area (Å²) in [5.74, 6) is 0. The molecule has 4 nitrogen and oxygen atoms in total. The Labute approximate surface area is 353 Å². The van der Waals surface area contributed by atoms with Crippen molar-refractivity contribution in [1.29, 1.82) is 0 Å². The minimum Gasteiger partial charge on any atom is -0.265 e. The average molecular weight is 775 g/mol. The van der Waals surface area contributed by atoms with Gasteiger partial charge in [-0.05, 0) is 152 Å². The fourth-order valence-electron chi connectivity index (χ4n) is 7.31. The molecule has 10 rings (SSSR count). The van der Waals surface area contributed by atoms with Crippen molar-refractivity contribution in [2.24, 2.45) is 0 Å². The molecule has 10 aromatic rings. The lowest BCUT2D eigenvalue weighted by Crippen LogP contribution is -1.92. The van der Waals surface area contributed by atoms with Crippen LogP contribution in [-0.2, 0) is 0 Å². The predicted molar refractivity (Wildman–Crippen MR) is 256 cm³/mol. The zero-order valence-electron chi connectivity index (χ0n) is 34.0. The molecule has 4 aromatic heterocycles. The first kappa shape index (κ1) is 40.4. The quantitative estimate of drug-likeness (QED) is 0.0959. The van der Waals surface area contributed by atoms with E-state index in [2.05, 4.69) is 148 Å². The zero-order chi connectivity index (χ0) is 41.5. The molecule has 0 fully saturated rings. The summed E-state index contributed by atoms with van der Waals surface area (Å²) < 4.78 is 0. The van der Waals surface area contributed by atoms with E-state index in [1.807, 2.05) is 93.3 Å². The van der Waals surface area contributed by atoms with Crippen molar-refractivity contribution in [3.05, 3.63) is 232 Å². The maximum absolute atomic E-state index is 4.69. The smallest absolute Gasteiger partial charge is 0.0702 e. The molecule has 0 spiro atoms. The van der Waals surface area contributed by atoms with Crippen molar-refractivity contribution in [2.75, 3.05) is 0 Å². The molecule has 0 aliphatic heterocycles. The van der Waals surface area contributed by atoms with Gasteiger partial charge in [0.05, 0.1) is 11.4 Å². The Morgan fingerprint density at radius 3 is 1.35 bits per heavy atom. The lowest BCUT2D eigenvalue weighted by molar-refractivity contribution is 1.31. The van der Waals surface area contributed by atoms with Crippen molar-refractivity contribution in [3.8, 4) is 55.9 Å². The van der Waals surface area contributed by atoms with E-state index in [9.17, 15) is 0 Å². The first-order valence-corrected chi connectivity index (χ1v) is 20.0. The first-order valence-electron chi connectivity index (χ1n) is 20.0. The summed E-state index contributed by atoms with van der Waals surface area (Å²) >= 11 is 0. The van der Waals surface area contributed by atoms with Crippen LogP contribution in [0.5, 0.6) is 0 Å². The second-order valence-corrected chi connectivity index (χ2v) is 13.9. The lowest BCUT2D eigenvalue weighted by Gasteiger charge is -2.17. The van der Waals surface area contributed by atoms with Crippen LogP contribution in [0, 0.1) is 0 Å². The summed E-state index contributed by atoms with van der Waals surface area (Å²) in [6.07, 6.45) is 18.2. The molecule has 0 saturated heterocycles. The molecule has 0 radical (unpaired) electrons. The zero-order valence-corrected chi connectivity index (χ0v) is 34.0. The van der Waals surface area contributed by atoms with Gasteiger partial charge in [0.1, 0.15) is 0 Å². The molecule has 0 aliphatic rings. The maximum Gasteiger partial charge on any atom is 0.0702 e. The second kappa shape index (κ2) is 20.0. The summed E-state index contributed by atoms with van der Waals surface area (Å²) in [6, 6.07) is 55.7. The Morgan fingerprint density at radius 2 is 0.883 bits per heavy atom. The normalized spacial score (nSPS) is 10.6. The third-order valence-electron chi connectivity index (χ3n) is 9.91. The van der Waals surface area contributed by atoms with Gasteiger partial charge in [-0.2, -0.15) is 0 Å². The Kier molecular flexibility index (Phi) is 13.5. The lowest BCUT2D eigenvalue weighted by atomic mass is 9.86. The number of aromatic nitrogens is 4. The summed E-state index contributed by atoms with van der Waals surface area (Å²) in [6.45, 7) is 10.7. The van der Waals surface area contributed by atoms with Crippen LogP contribution in [0.4, 0.5) is 0 Å². The van der Waals surface area contributed by atoms with Crippen LogP contribution in [0.2, 0.25) is 0 Å². The Balaban J connectivity index is 0.000000336. The highest BCUT2D eigenvalue weighted by Gasteiger charge is 2.17. The Morgan fingerprint density at radius 1 is 0.400 bits per heavy atom. The Bertz CT molecular complexity index is 2880. The largest absolute Gasteiger partial charge is 0.265 e. The van der Waals surface area contributed by atoms with E-state index in [0.717, 1.165) is 33.6 Å². The van der Waals surface area contributed by atoms with Crippen LogP contribution in [0.1, 0.15) is 13.8 Å². The molecule has 0 bridgehead atoms. The second-order valence-electron chi connectivity index (χ2n) is 13.9. The molecule has 0 N–H and O–H groups in total. The molecule has 0 atom stereocenters. The Hall–Kier alpha value is -7.82. The molecule has 0 saturated carbocycles. The summed E-state index contributed by atoms with van der Waals surface area (Å²) in [5, 5.41) is 7.58. The number of allylic oxidation sites excluding steroid dienone is 4. The average Bonchev–Trinajstić information content (AvgIpc) is 3.33. The summed E-state index contributed by atoms with van der Waals surface area (Å²) in [7, 11) is 0. The van der Waals surface area contributed by atoms with Gasteiger partial charge in [0, 0.05) is 48.3 Å². The number of hydrogen-bond donors (Lipinski definition) is 0. The van der Waals surface area contributed by atoms with Crippen molar-refractivity contribution in [3.63, 3.8) is 0 Å².